The van der Waals surface area contributed by atoms with Crippen molar-refractivity contribution in [3.8, 4) is 17.5 Å². The fourth-order valence-electron chi connectivity index (χ4n) is 3.06. The summed E-state index contributed by atoms with van der Waals surface area (Å²) in [6.07, 6.45) is 0. The number of hydrogen-bond acceptors (Lipinski definition) is 6. The number of aromatic nitrogens is 2. The molecule has 0 radical (unpaired) electrons. The molecule has 1 amide bonds. The molecule has 144 valence electrons. The van der Waals surface area contributed by atoms with Gasteiger partial charge in [0.25, 0.3) is 5.91 Å². The Labute approximate surface area is 166 Å². The van der Waals surface area contributed by atoms with Crippen LogP contribution < -0.4 is 10.1 Å². The minimum atomic E-state index is -0.573. The van der Waals surface area contributed by atoms with Gasteiger partial charge in [0, 0.05) is 0 Å². The van der Waals surface area contributed by atoms with E-state index in [9.17, 15) is 14.9 Å². The van der Waals surface area contributed by atoms with Crippen molar-refractivity contribution in [2.75, 3.05) is 11.9 Å². The highest BCUT2D eigenvalue weighted by Gasteiger charge is 2.21. The molecule has 0 fully saturated rings. The SMILES string of the molecule is Cc1nn(-c2ccccc2)c(COC(=O)c2ccc3c(c2)OCC(=O)N3)c1C#N. The van der Waals surface area contributed by atoms with Gasteiger partial charge in [-0.3, -0.25) is 4.79 Å². The van der Waals surface area contributed by atoms with Gasteiger partial charge in [0.15, 0.2) is 6.61 Å². The number of amides is 1. The van der Waals surface area contributed by atoms with Crippen molar-refractivity contribution < 1.29 is 19.1 Å². The minimum Gasteiger partial charge on any atom is -0.482 e. The molecule has 0 saturated heterocycles. The molecule has 1 aliphatic heterocycles. The molecule has 0 unspecified atom stereocenters. The number of nitrogens with one attached hydrogen (secondary N) is 1. The predicted octanol–water partition coefficient (Wildman–Crippen LogP) is 2.74. The van der Waals surface area contributed by atoms with Crippen molar-refractivity contribution in [1.82, 2.24) is 9.78 Å². The molecule has 8 nitrogen and oxygen atoms in total. The Morgan fingerprint density at radius 1 is 1.31 bits per heavy atom. The molecule has 0 spiro atoms. The first-order valence-electron chi connectivity index (χ1n) is 8.84. The average molecular weight is 388 g/mol. The van der Waals surface area contributed by atoms with Crippen molar-refractivity contribution in [3.63, 3.8) is 0 Å². The molecule has 1 aliphatic rings. The zero-order chi connectivity index (χ0) is 20.4. The van der Waals surface area contributed by atoms with Gasteiger partial charge in [0.2, 0.25) is 0 Å². The van der Waals surface area contributed by atoms with Crippen molar-refractivity contribution in [3.05, 3.63) is 71.0 Å². The molecule has 1 N–H and O–H groups in total. The lowest BCUT2D eigenvalue weighted by atomic mass is 10.1. The lowest BCUT2D eigenvalue weighted by molar-refractivity contribution is -0.118. The van der Waals surface area contributed by atoms with E-state index in [2.05, 4.69) is 16.5 Å². The Balaban J connectivity index is 1.57. The molecule has 0 atom stereocenters. The van der Waals surface area contributed by atoms with E-state index in [0.29, 0.717) is 28.4 Å². The number of ether oxygens (including phenoxy) is 2. The molecule has 0 saturated carbocycles. The van der Waals surface area contributed by atoms with Crippen LogP contribution in [0.1, 0.15) is 27.3 Å². The quantitative estimate of drug-likeness (QED) is 0.689. The minimum absolute atomic E-state index is 0.105. The molecule has 8 heteroatoms. The van der Waals surface area contributed by atoms with E-state index in [1.165, 1.54) is 6.07 Å². The summed E-state index contributed by atoms with van der Waals surface area (Å²) in [5.41, 5.74) is 2.97. The third-order valence-corrected chi connectivity index (χ3v) is 4.46. The Hall–Kier alpha value is -4.12. The lowest BCUT2D eigenvalue weighted by Gasteiger charge is -2.18. The van der Waals surface area contributed by atoms with Crippen LogP contribution in [0, 0.1) is 18.3 Å². The zero-order valence-corrected chi connectivity index (χ0v) is 15.5. The maximum Gasteiger partial charge on any atom is 0.338 e. The summed E-state index contributed by atoms with van der Waals surface area (Å²) in [4.78, 5) is 23.9. The van der Waals surface area contributed by atoms with E-state index in [1.807, 2.05) is 30.3 Å². The number of anilines is 1. The molecule has 2 aromatic carbocycles. The number of nitriles is 1. The first-order valence-corrected chi connectivity index (χ1v) is 8.84. The second kappa shape index (κ2) is 7.48. The van der Waals surface area contributed by atoms with Crippen molar-refractivity contribution >= 4 is 17.6 Å². The third kappa shape index (κ3) is 3.53. The van der Waals surface area contributed by atoms with Crippen molar-refractivity contribution in [2.45, 2.75) is 13.5 Å². The number of carbonyl (C=O) groups is 2. The maximum absolute atomic E-state index is 12.5. The summed E-state index contributed by atoms with van der Waals surface area (Å²) in [7, 11) is 0. The van der Waals surface area contributed by atoms with Gasteiger partial charge in [0.1, 0.15) is 24.0 Å². The molecule has 0 aliphatic carbocycles. The highest BCUT2D eigenvalue weighted by Crippen LogP contribution is 2.29. The van der Waals surface area contributed by atoms with Crippen LogP contribution in [0.3, 0.4) is 0 Å². The van der Waals surface area contributed by atoms with Crippen LogP contribution in [-0.2, 0) is 16.1 Å². The van der Waals surface area contributed by atoms with E-state index in [4.69, 9.17) is 9.47 Å². The van der Waals surface area contributed by atoms with Crippen LogP contribution >= 0.6 is 0 Å². The molecule has 0 bridgehead atoms. The molecule has 3 aromatic rings. The van der Waals surface area contributed by atoms with Crippen LogP contribution in [0.25, 0.3) is 5.69 Å². The predicted molar refractivity (Wildman–Crippen MR) is 103 cm³/mol. The van der Waals surface area contributed by atoms with Gasteiger partial charge >= 0.3 is 5.97 Å². The Bertz CT molecular complexity index is 1150. The normalized spacial score (nSPS) is 12.3. The van der Waals surface area contributed by atoms with Gasteiger partial charge in [-0.2, -0.15) is 10.4 Å². The number of benzene rings is 2. The highest BCUT2D eigenvalue weighted by molar-refractivity contribution is 5.97. The first-order chi connectivity index (χ1) is 14.1. The Morgan fingerprint density at radius 3 is 2.86 bits per heavy atom. The van der Waals surface area contributed by atoms with Gasteiger partial charge in [0.05, 0.1) is 28.3 Å². The van der Waals surface area contributed by atoms with Crippen LogP contribution in [0.4, 0.5) is 5.69 Å². The molecule has 29 heavy (non-hydrogen) atoms. The van der Waals surface area contributed by atoms with Gasteiger partial charge < -0.3 is 14.8 Å². The Kier molecular flexibility index (Phi) is 4.71. The summed E-state index contributed by atoms with van der Waals surface area (Å²) in [5, 5.41) is 16.6. The molecule has 4 rings (SSSR count). The van der Waals surface area contributed by atoms with E-state index in [0.717, 1.165) is 5.69 Å². The van der Waals surface area contributed by atoms with Crippen molar-refractivity contribution in [2.24, 2.45) is 0 Å². The zero-order valence-electron chi connectivity index (χ0n) is 15.5. The largest absolute Gasteiger partial charge is 0.482 e. The number of para-hydroxylation sites is 1. The van der Waals surface area contributed by atoms with Crippen LogP contribution in [0.15, 0.2) is 48.5 Å². The average Bonchev–Trinajstić information content (AvgIpc) is 3.07. The van der Waals surface area contributed by atoms with Gasteiger partial charge in [-0.1, -0.05) is 18.2 Å². The summed E-state index contributed by atoms with van der Waals surface area (Å²) in [5.74, 6) is -0.418. The highest BCUT2D eigenvalue weighted by atomic mass is 16.5. The van der Waals surface area contributed by atoms with E-state index in [-0.39, 0.29) is 24.7 Å². The van der Waals surface area contributed by atoms with Crippen molar-refractivity contribution in [1.29, 1.82) is 5.26 Å². The van der Waals surface area contributed by atoms with Gasteiger partial charge in [-0.15, -0.1) is 0 Å². The number of rotatable bonds is 4. The molecular weight excluding hydrogens is 372 g/mol. The third-order valence-electron chi connectivity index (χ3n) is 4.46. The van der Waals surface area contributed by atoms with E-state index >= 15 is 0 Å². The van der Waals surface area contributed by atoms with Gasteiger partial charge in [-0.05, 0) is 37.3 Å². The number of nitrogens with zero attached hydrogens (tertiary/aromatic N) is 3. The maximum atomic E-state index is 12.5. The van der Waals surface area contributed by atoms with E-state index in [1.54, 1.807) is 23.7 Å². The topological polar surface area (TPSA) is 106 Å². The summed E-state index contributed by atoms with van der Waals surface area (Å²) < 4.78 is 12.4. The fraction of sp³-hybridized carbons (Fsp3) is 0.143. The molecular formula is C21H16N4O4. The van der Waals surface area contributed by atoms with Crippen LogP contribution in [0.5, 0.6) is 5.75 Å². The number of aryl methyl sites for hydroxylation is 1. The van der Waals surface area contributed by atoms with Gasteiger partial charge in [-0.25, -0.2) is 9.48 Å². The summed E-state index contributed by atoms with van der Waals surface area (Å²) in [6, 6.07) is 16.1. The lowest BCUT2D eigenvalue weighted by Crippen LogP contribution is -2.25. The summed E-state index contributed by atoms with van der Waals surface area (Å²) in [6.45, 7) is 1.51. The number of hydrogen-bond donors (Lipinski definition) is 1. The monoisotopic (exact) mass is 388 g/mol. The van der Waals surface area contributed by atoms with Crippen LogP contribution in [0.2, 0.25) is 0 Å². The standard InChI is InChI=1S/C21H16N4O4/c1-13-16(10-22)18(25(24-13)15-5-3-2-4-6-15)11-29-21(27)14-7-8-17-19(9-14)28-12-20(26)23-17/h2-9H,11-12H2,1H3,(H,23,26). The Morgan fingerprint density at radius 2 is 2.10 bits per heavy atom. The summed E-state index contributed by atoms with van der Waals surface area (Å²) >= 11 is 0. The molecule has 2 heterocycles. The number of esters is 1. The van der Waals surface area contributed by atoms with Crippen LogP contribution in [-0.4, -0.2) is 28.3 Å². The fourth-order valence-corrected chi connectivity index (χ4v) is 3.06. The second-order valence-corrected chi connectivity index (χ2v) is 6.39. The number of carbonyl (C=O) groups excluding carboxylic acids is 2. The second-order valence-electron chi connectivity index (χ2n) is 6.39. The first kappa shape index (κ1) is 18.3. The molecule has 1 aromatic heterocycles. The number of fused-ring (bicyclic) bond motifs is 1. The van der Waals surface area contributed by atoms with E-state index < -0.39 is 5.97 Å². The smallest absolute Gasteiger partial charge is 0.338 e.